The zero-order valence-corrected chi connectivity index (χ0v) is 23.2. The lowest BCUT2D eigenvalue weighted by atomic mass is 9.52. The van der Waals surface area contributed by atoms with Crippen LogP contribution in [0.25, 0.3) is 0 Å². The lowest BCUT2D eigenvalue weighted by molar-refractivity contribution is -0.181. The Morgan fingerprint density at radius 2 is 1.88 bits per heavy atom. The first kappa shape index (κ1) is 28.4. The highest BCUT2D eigenvalue weighted by Crippen LogP contribution is 2.52. The molecule has 12 heteroatoms. The number of pyridine rings is 1. The van der Waals surface area contributed by atoms with Crippen molar-refractivity contribution in [3.05, 3.63) is 47.3 Å². The lowest BCUT2D eigenvalue weighted by Crippen LogP contribution is -2.74. The van der Waals surface area contributed by atoms with Gasteiger partial charge in [-0.15, -0.1) is 0 Å². The molecule has 5 rings (SSSR count). The van der Waals surface area contributed by atoms with Crippen LogP contribution in [0.15, 0.2) is 30.6 Å². The van der Waals surface area contributed by atoms with Crippen LogP contribution >= 0.6 is 0 Å². The molecule has 0 radical (unpaired) electrons. The highest BCUT2D eigenvalue weighted by molar-refractivity contribution is 6.32. The Hall–Kier alpha value is -4.16. The van der Waals surface area contributed by atoms with E-state index < -0.39 is 64.4 Å². The van der Waals surface area contributed by atoms with E-state index in [-0.39, 0.29) is 29.8 Å². The van der Waals surface area contributed by atoms with Crippen molar-refractivity contribution in [1.82, 2.24) is 9.88 Å². The molecule has 6 atom stereocenters. The molecule has 216 valence electrons. The fraction of sp³-hybridized carbons (Fsp3) is 0.448. The fourth-order valence-electron chi connectivity index (χ4n) is 6.89. The van der Waals surface area contributed by atoms with Crippen molar-refractivity contribution in [2.45, 2.75) is 31.0 Å². The van der Waals surface area contributed by atoms with Crippen LogP contribution < -0.4 is 16.0 Å². The van der Waals surface area contributed by atoms with Gasteiger partial charge in [-0.05, 0) is 56.1 Å². The Kier molecular flexibility index (Phi) is 6.94. The van der Waals surface area contributed by atoms with Crippen LogP contribution in [0, 0.1) is 23.7 Å². The number of hydrogen-bond donors (Lipinski definition) is 4. The predicted molar refractivity (Wildman–Crippen MR) is 147 cm³/mol. The minimum Gasteiger partial charge on any atom is -0.505 e. The summed E-state index contributed by atoms with van der Waals surface area (Å²) in [5.41, 5.74) is 4.85. The molecule has 1 aromatic carbocycles. The summed E-state index contributed by atoms with van der Waals surface area (Å²) in [7, 11) is 6.70. The number of benzene rings is 1. The van der Waals surface area contributed by atoms with E-state index in [0.29, 0.717) is 17.8 Å². The molecule has 1 amide bonds. The largest absolute Gasteiger partial charge is 0.505 e. The average Bonchev–Trinajstić information content (AvgIpc) is 2.90. The third-order valence-corrected chi connectivity index (χ3v) is 8.73. The number of aromatic hydroxyl groups is 1. The van der Waals surface area contributed by atoms with Gasteiger partial charge in [0.15, 0.2) is 34.7 Å². The number of anilines is 2. The number of fused-ring (bicyclic) bond motifs is 3. The number of aliphatic hydroxyl groups is 1. The van der Waals surface area contributed by atoms with Crippen molar-refractivity contribution in [2.75, 3.05) is 38.4 Å². The standard InChI is InChI=1S/C29H33N5O7/c1-33(2)18-10-17(32-12-13-6-5-7-31-11-13)23(35)20-15(18)8-14-9-16-22(34(3)4)25(37)21(28(30)40)27(39)29(16,41)26(38)19(14)24(20)36/h5-7,10-11,14,16,19,21-22,32,35,41H,8-9,12H2,1-4H3,(H2,30,40)/t14-,16-,19?,21?,22?,29-/m0/s1. The van der Waals surface area contributed by atoms with Crippen molar-refractivity contribution in [2.24, 2.45) is 29.4 Å². The molecule has 1 heterocycles. The third kappa shape index (κ3) is 4.20. The summed E-state index contributed by atoms with van der Waals surface area (Å²) < 4.78 is 0. The van der Waals surface area contributed by atoms with Gasteiger partial charge < -0.3 is 26.2 Å². The first-order valence-electron chi connectivity index (χ1n) is 13.3. The number of Topliss-reactive ketones (excluding diaryl/α,β-unsaturated/α-hetero) is 4. The van der Waals surface area contributed by atoms with Crippen LogP contribution in [0.3, 0.4) is 0 Å². The second kappa shape index (κ2) is 10.0. The summed E-state index contributed by atoms with van der Waals surface area (Å²) in [6.07, 6.45) is 3.49. The van der Waals surface area contributed by atoms with Crippen LogP contribution in [-0.2, 0) is 32.1 Å². The number of nitrogens with zero attached hydrogens (tertiary/aromatic N) is 3. The minimum absolute atomic E-state index is 0.00145. The van der Waals surface area contributed by atoms with Gasteiger partial charge in [0.1, 0.15) is 5.75 Å². The number of phenolic OH excluding ortho intramolecular Hbond substituents is 1. The number of rotatable bonds is 6. The Labute approximate surface area is 236 Å². The summed E-state index contributed by atoms with van der Waals surface area (Å²) in [6, 6.07) is 4.21. The van der Waals surface area contributed by atoms with Gasteiger partial charge in [-0.1, -0.05) is 6.07 Å². The number of amides is 1. The van der Waals surface area contributed by atoms with Crippen LogP contribution in [0.5, 0.6) is 5.75 Å². The molecule has 2 saturated carbocycles. The van der Waals surface area contributed by atoms with Crippen molar-refractivity contribution in [3.8, 4) is 5.75 Å². The van der Waals surface area contributed by atoms with E-state index in [1.807, 2.05) is 6.07 Å². The molecular formula is C29H33N5O7. The van der Waals surface area contributed by atoms with Gasteiger partial charge in [-0.2, -0.15) is 0 Å². The zero-order chi connectivity index (χ0) is 30.0. The molecule has 0 spiro atoms. The zero-order valence-electron chi connectivity index (χ0n) is 23.2. The van der Waals surface area contributed by atoms with Crippen molar-refractivity contribution in [3.63, 3.8) is 0 Å². The van der Waals surface area contributed by atoms with E-state index in [4.69, 9.17) is 5.73 Å². The molecule has 0 aliphatic heterocycles. The number of carbonyl (C=O) groups is 5. The van der Waals surface area contributed by atoms with E-state index >= 15 is 0 Å². The highest BCUT2D eigenvalue weighted by atomic mass is 16.3. The van der Waals surface area contributed by atoms with Crippen LogP contribution in [0.4, 0.5) is 11.4 Å². The number of hydrogen-bond acceptors (Lipinski definition) is 11. The highest BCUT2D eigenvalue weighted by Gasteiger charge is 2.69. The number of carbonyl (C=O) groups excluding carboxylic acids is 5. The maximum atomic E-state index is 14.1. The molecular weight excluding hydrogens is 530 g/mol. The number of ketones is 4. The van der Waals surface area contributed by atoms with E-state index in [2.05, 4.69) is 10.3 Å². The molecule has 41 heavy (non-hydrogen) atoms. The Bertz CT molecular complexity index is 1470. The van der Waals surface area contributed by atoms with Gasteiger partial charge in [0.25, 0.3) is 0 Å². The van der Waals surface area contributed by atoms with Crippen LogP contribution in [0.2, 0.25) is 0 Å². The smallest absolute Gasteiger partial charge is 0.235 e. The number of likely N-dealkylation sites (N-methyl/N-ethyl adjacent to an activating group) is 1. The fourth-order valence-corrected chi connectivity index (χ4v) is 6.89. The molecule has 0 saturated heterocycles. The lowest BCUT2D eigenvalue weighted by Gasteiger charge is -2.52. The van der Waals surface area contributed by atoms with Crippen molar-refractivity contribution < 1.29 is 34.2 Å². The predicted octanol–water partition coefficient (Wildman–Crippen LogP) is -0.0599. The van der Waals surface area contributed by atoms with E-state index in [0.717, 1.165) is 5.56 Å². The van der Waals surface area contributed by atoms with E-state index in [9.17, 15) is 34.2 Å². The normalized spacial score (nSPS) is 29.1. The molecule has 5 N–H and O–H groups in total. The summed E-state index contributed by atoms with van der Waals surface area (Å²) in [5.74, 6) is -10.7. The molecule has 2 fully saturated rings. The van der Waals surface area contributed by atoms with Crippen molar-refractivity contribution >= 4 is 40.4 Å². The van der Waals surface area contributed by atoms with E-state index in [1.165, 1.54) is 4.90 Å². The number of phenols is 1. The second-order valence-electron chi connectivity index (χ2n) is 11.5. The average molecular weight is 564 g/mol. The summed E-state index contributed by atoms with van der Waals surface area (Å²) in [6.45, 7) is 0.302. The molecule has 1 aromatic heterocycles. The molecule has 3 aliphatic carbocycles. The molecule has 3 aliphatic rings. The van der Waals surface area contributed by atoms with Gasteiger partial charge in [0.05, 0.1) is 23.2 Å². The number of nitrogens with two attached hydrogens (primary N) is 1. The summed E-state index contributed by atoms with van der Waals surface area (Å²) in [5, 5.41) is 26.2. The van der Waals surface area contributed by atoms with Gasteiger partial charge in [0.2, 0.25) is 5.91 Å². The summed E-state index contributed by atoms with van der Waals surface area (Å²) in [4.78, 5) is 74.3. The Morgan fingerprint density at radius 1 is 1.17 bits per heavy atom. The Morgan fingerprint density at radius 3 is 2.46 bits per heavy atom. The van der Waals surface area contributed by atoms with Gasteiger partial charge in [0, 0.05) is 44.6 Å². The first-order valence-corrected chi connectivity index (χ1v) is 13.3. The summed E-state index contributed by atoms with van der Waals surface area (Å²) >= 11 is 0. The molecule has 12 nitrogen and oxygen atoms in total. The monoisotopic (exact) mass is 563 g/mol. The maximum Gasteiger partial charge on any atom is 0.235 e. The van der Waals surface area contributed by atoms with E-state index in [1.54, 1.807) is 57.6 Å². The quantitative estimate of drug-likeness (QED) is 0.273. The maximum absolute atomic E-state index is 14.1. The third-order valence-electron chi connectivity index (χ3n) is 8.73. The van der Waals surface area contributed by atoms with Gasteiger partial charge in [-0.3, -0.25) is 33.9 Å². The first-order chi connectivity index (χ1) is 19.3. The SMILES string of the molecule is CN(C)c1cc(NCc2cccnc2)c(O)c2c1C[C@H]1C[C@H]3C(N(C)C)C(=O)C(C(N)=O)C(=O)[C@@]3(O)C(=O)C1C2=O. The van der Waals surface area contributed by atoms with Crippen LogP contribution in [-0.4, -0.2) is 89.0 Å². The van der Waals surface area contributed by atoms with Gasteiger partial charge in [-0.25, -0.2) is 0 Å². The number of primary amides is 1. The number of nitrogens with one attached hydrogen (secondary N) is 1. The molecule has 3 unspecified atom stereocenters. The Balaban J connectivity index is 1.60. The number of aromatic nitrogens is 1. The van der Waals surface area contributed by atoms with Crippen molar-refractivity contribution in [1.29, 1.82) is 0 Å². The second-order valence-corrected chi connectivity index (χ2v) is 11.5. The molecule has 2 aromatic rings. The van der Waals surface area contributed by atoms with Gasteiger partial charge >= 0.3 is 0 Å². The molecule has 0 bridgehead atoms. The topological polar surface area (TPSA) is 183 Å². The van der Waals surface area contributed by atoms with Crippen LogP contribution in [0.1, 0.15) is 27.9 Å². The minimum atomic E-state index is -2.76.